The molecule has 0 bridgehead atoms. The second-order valence-corrected chi connectivity index (χ2v) is 8.18. The van der Waals surface area contributed by atoms with Crippen LogP contribution in [0.5, 0.6) is 0 Å². The minimum absolute atomic E-state index is 0.0514. The summed E-state index contributed by atoms with van der Waals surface area (Å²) in [7, 11) is 0. The van der Waals surface area contributed by atoms with Crippen molar-refractivity contribution in [2.45, 2.75) is 51.0 Å². The zero-order valence-electron chi connectivity index (χ0n) is 15.6. The van der Waals surface area contributed by atoms with E-state index in [9.17, 15) is 4.79 Å². The van der Waals surface area contributed by atoms with E-state index < -0.39 is 0 Å². The zero-order valence-corrected chi connectivity index (χ0v) is 16.3. The molecule has 5 nitrogen and oxygen atoms in total. The third-order valence-corrected chi connectivity index (χ3v) is 6.01. The summed E-state index contributed by atoms with van der Waals surface area (Å²) in [6, 6.07) is 8.10. The molecule has 27 heavy (non-hydrogen) atoms. The summed E-state index contributed by atoms with van der Waals surface area (Å²) in [5.74, 6) is 1.41. The number of carbonyl (C=O) groups excluding carboxylic acids is 1. The molecule has 1 amide bonds. The van der Waals surface area contributed by atoms with E-state index in [4.69, 9.17) is 16.6 Å². The Morgan fingerprint density at radius 1 is 1.15 bits per heavy atom. The first kappa shape index (κ1) is 18.5. The number of rotatable bonds is 5. The molecule has 2 aliphatic rings. The predicted octanol–water partition coefficient (Wildman–Crippen LogP) is 4.57. The van der Waals surface area contributed by atoms with Gasteiger partial charge in [-0.2, -0.15) is 0 Å². The molecule has 0 radical (unpaired) electrons. The molecule has 2 fully saturated rings. The van der Waals surface area contributed by atoms with E-state index in [1.807, 2.05) is 24.3 Å². The summed E-state index contributed by atoms with van der Waals surface area (Å²) in [5.41, 5.74) is 1.51. The van der Waals surface area contributed by atoms with Gasteiger partial charge >= 0.3 is 0 Å². The van der Waals surface area contributed by atoms with Crippen LogP contribution in [0, 0.1) is 5.92 Å². The maximum atomic E-state index is 12.6. The molecule has 4 rings (SSSR count). The van der Waals surface area contributed by atoms with Crippen molar-refractivity contribution in [3.8, 4) is 0 Å². The topological polar surface area (TPSA) is 66.0 Å². The molecule has 6 heteroatoms. The fourth-order valence-electron chi connectivity index (χ4n) is 4.22. The van der Waals surface area contributed by atoms with Crippen LogP contribution in [0.4, 0.5) is 11.5 Å². The number of carbonyl (C=O) groups is 1. The first-order valence-electron chi connectivity index (χ1n) is 10.1. The Hall–Kier alpha value is -1.85. The number of nitrogens with zero attached hydrogens (tertiary/aromatic N) is 1. The van der Waals surface area contributed by atoms with Crippen molar-refractivity contribution in [1.29, 1.82) is 0 Å². The first-order chi connectivity index (χ1) is 13.2. The van der Waals surface area contributed by atoms with E-state index in [1.54, 1.807) is 0 Å². The minimum Gasteiger partial charge on any atom is -0.366 e. The van der Waals surface area contributed by atoms with Gasteiger partial charge < -0.3 is 16.0 Å². The lowest BCUT2D eigenvalue weighted by molar-refractivity contribution is -0.117. The summed E-state index contributed by atoms with van der Waals surface area (Å²) < 4.78 is 0. The van der Waals surface area contributed by atoms with Gasteiger partial charge in [0.05, 0.1) is 16.2 Å². The van der Waals surface area contributed by atoms with Gasteiger partial charge in [0.25, 0.3) is 0 Å². The lowest BCUT2D eigenvalue weighted by atomic mass is 9.87. The number of pyridine rings is 1. The number of fused-ring (bicyclic) bond motifs is 1. The summed E-state index contributed by atoms with van der Waals surface area (Å²) in [6.07, 6.45) is 7.77. The van der Waals surface area contributed by atoms with Crippen LogP contribution in [-0.2, 0) is 4.79 Å². The monoisotopic (exact) mass is 386 g/mol. The maximum absolute atomic E-state index is 12.6. The first-order valence-corrected chi connectivity index (χ1v) is 10.4. The molecule has 1 aliphatic carbocycles. The lowest BCUT2D eigenvalue weighted by Crippen LogP contribution is -2.22. The van der Waals surface area contributed by atoms with Crippen molar-refractivity contribution < 1.29 is 4.79 Å². The highest BCUT2D eigenvalue weighted by molar-refractivity contribution is 6.35. The Kier molecular flexibility index (Phi) is 5.79. The molecule has 1 unspecified atom stereocenters. The van der Waals surface area contributed by atoms with Gasteiger partial charge in [0.15, 0.2) is 0 Å². The van der Waals surface area contributed by atoms with E-state index >= 15 is 0 Å². The van der Waals surface area contributed by atoms with E-state index in [2.05, 4.69) is 16.0 Å². The average molecular weight is 387 g/mol. The Balaban J connectivity index is 1.50. The fourth-order valence-corrected chi connectivity index (χ4v) is 4.43. The SMILES string of the molecule is O=C(CC1CCCCC1)Nc1c(Cl)ccc2nc(NC3CCNC3)ccc12. The Labute approximate surface area is 165 Å². The molecule has 1 saturated carbocycles. The lowest BCUT2D eigenvalue weighted by Gasteiger charge is -2.21. The number of hydrogen-bond acceptors (Lipinski definition) is 4. The van der Waals surface area contributed by atoms with Gasteiger partial charge in [-0.15, -0.1) is 0 Å². The molecule has 1 saturated heterocycles. The van der Waals surface area contributed by atoms with Crippen molar-refractivity contribution >= 4 is 39.9 Å². The highest BCUT2D eigenvalue weighted by Gasteiger charge is 2.19. The minimum atomic E-state index is 0.0514. The zero-order chi connectivity index (χ0) is 18.6. The Morgan fingerprint density at radius 2 is 2.00 bits per heavy atom. The van der Waals surface area contributed by atoms with Crippen LogP contribution in [-0.4, -0.2) is 30.0 Å². The quantitative estimate of drug-likeness (QED) is 0.704. The molecular formula is C21H27ClN4O. The van der Waals surface area contributed by atoms with Crippen LogP contribution in [0.2, 0.25) is 5.02 Å². The van der Waals surface area contributed by atoms with E-state index in [1.165, 1.54) is 19.3 Å². The van der Waals surface area contributed by atoms with Crippen LogP contribution < -0.4 is 16.0 Å². The Morgan fingerprint density at radius 3 is 2.78 bits per heavy atom. The van der Waals surface area contributed by atoms with E-state index in [-0.39, 0.29) is 5.91 Å². The van der Waals surface area contributed by atoms with E-state index in [0.717, 1.165) is 49.1 Å². The molecular weight excluding hydrogens is 360 g/mol. The molecule has 3 N–H and O–H groups in total. The highest BCUT2D eigenvalue weighted by Crippen LogP contribution is 2.32. The summed E-state index contributed by atoms with van der Waals surface area (Å²) in [6.45, 7) is 2.00. The van der Waals surface area contributed by atoms with Gasteiger partial charge in [-0.1, -0.05) is 30.9 Å². The van der Waals surface area contributed by atoms with Crippen molar-refractivity contribution in [3.05, 3.63) is 29.3 Å². The molecule has 1 aromatic carbocycles. The smallest absolute Gasteiger partial charge is 0.224 e. The third-order valence-electron chi connectivity index (χ3n) is 5.70. The van der Waals surface area contributed by atoms with Gasteiger partial charge in [0, 0.05) is 24.4 Å². The van der Waals surface area contributed by atoms with Gasteiger partial charge in [-0.25, -0.2) is 4.98 Å². The number of amides is 1. The molecule has 1 aliphatic heterocycles. The normalized spacial score (nSPS) is 20.7. The number of anilines is 2. The fraction of sp³-hybridized carbons (Fsp3) is 0.524. The summed E-state index contributed by atoms with van der Waals surface area (Å²) in [5, 5.41) is 11.3. The van der Waals surface area contributed by atoms with Crippen LogP contribution in [0.15, 0.2) is 24.3 Å². The number of aromatic nitrogens is 1. The standard InChI is InChI=1S/C21H27ClN4O/c22-17-7-8-18-16(6-9-19(25-18)24-15-10-11-23-13-15)21(17)26-20(27)12-14-4-2-1-3-5-14/h6-9,14-15,23H,1-5,10-13H2,(H,24,25)(H,26,27). The predicted molar refractivity (Wildman–Crippen MR) is 111 cm³/mol. The molecule has 1 aromatic heterocycles. The van der Waals surface area contributed by atoms with Crippen molar-refractivity contribution in [2.24, 2.45) is 5.92 Å². The molecule has 2 aromatic rings. The van der Waals surface area contributed by atoms with E-state index in [0.29, 0.717) is 29.1 Å². The summed E-state index contributed by atoms with van der Waals surface area (Å²) >= 11 is 6.40. The highest BCUT2D eigenvalue weighted by atomic mass is 35.5. The number of hydrogen-bond donors (Lipinski definition) is 3. The number of halogens is 1. The van der Waals surface area contributed by atoms with Crippen LogP contribution in [0.1, 0.15) is 44.9 Å². The van der Waals surface area contributed by atoms with Crippen LogP contribution >= 0.6 is 11.6 Å². The molecule has 2 heterocycles. The maximum Gasteiger partial charge on any atom is 0.224 e. The van der Waals surface area contributed by atoms with Crippen molar-refractivity contribution in [1.82, 2.24) is 10.3 Å². The van der Waals surface area contributed by atoms with Crippen molar-refractivity contribution in [3.63, 3.8) is 0 Å². The van der Waals surface area contributed by atoms with Gasteiger partial charge in [0.2, 0.25) is 5.91 Å². The second kappa shape index (κ2) is 8.44. The Bertz CT molecular complexity index is 813. The van der Waals surface area contributed by atoms with Crippen LogP contribution in [0.3, 0.4) is 0 Å². The molecule has 144 valence electrons. The molecule has 0 spiro atoms. The molecule has 1 atom stereocenters. The largest absolute Gasteiger partial charge is 0.366 e. The summed E-state index contributed by atoms with van der Waals surface area (Å²) in [4.78, 5) is 17.3. The van der Waals surface area contributed by atoms with Crippen LogP contribution in [0.25, 0.3) is 10.9 Å². The van der Waals surface area contributed by atoms with Gasteiger partial charge in [-0.3, -0.25) is 4.79 Å². The van der Waals surface area contributed by atoms with Gasteiger partial charge in [-0.05, 0) is 56.0 Å². The number of nitrogens with one attached hydrogen (secondary N) is 3. The average Bonchev–Trinajstić information content (AvgIpc) is 3.18. The third kappa shape index (κ3) is 4.53. The second-order valence-electron chi connectivity index (χ2n) is 7.78. The number of benzene rings is 1. The van der Waals surface area contributed by atoms with Crippen molar-refractivity contribution in [2.75, 3.05) is 23.7 Å². The van der Waals surface area contributed by atoms with Gasteiger partial charge in [0.1, 0.15) is 5.82 Å².